The molecule has 3 amide bonds. The van der Waals surface area contributed by atoms with Gasteiger partial charge in [-0.1, -0.05) is 30.3 Å². The zero-order valence-corrected chi connectivity index (χ0v) is 14.9. The van der Waals surface area contributed by atoms with E-state index in [2.05, 4.69) is 5.32 Å². The van der Waals surface area contributed by atoms with Gasteiger partial charge >= 0.3 is 6.03 Å². The van der Waals surface area contributed by atoms with Gasteiger partial charge in [-0.15, -0.1) is 0 Å². The highest BCUT2D eigenvalue weighted by molar-refractivity contribution is 5.96. The van der Waals surface area contributed by atoms with Gasteiger partial charge in [-0.05, 0) is 36.2 Å². The van der Waals surface area contributed by atoms with E-state index in [-0.39, 0.29) is 18.5 Å². The van der Waals surface area contributed by atoms with Crippen LogP contribution in [0.15, 0.2) is 54.6 Å². The molecule has 1 aliphatic heterocycles. The Hall–Kier alpha value is -3.02. The van der Waals surface area contributed by atoms with Crippen molar-refractivity contribution in [3.05, 3.63) is 60.2 Å². The zero-order valence-electron chi connectivity index (χ0n) is 14.9. The minimum absolute atomic E-state index is 0.0836. The Bertz CT molecular complexity index is 747. The average Bonchev–Trinajstić information content (AvgIpc) is 3.03. The average molecular weight is 353 g/mol. The molecule has 6 heteroatoms. The van der Waals surface area contributed by atoms with Gasteiger partial charge in [0.2, 0.25) is 5.91 Å². The van der Waals surface area contributed by atoms with Crippen molar-refractivity contribution in [2.75, 3.05) is 38.2 Å². The standard InChI is InChI=1S/C20H23N3O3/c1-26-18-9-7-17(8-10-18)23-14-13-22(20(23)25)15-19(24)21-12-11-16-5-3-2-4-6-16/h2-10H,11-15H2,1H3,(H,21,24). The summed E-state index contributed by atoms with van der Waals surface area (Å²) in [6.45, 7) is 1.76. The van der Waals surface area contributed by atoms with Crippen LogP contribution in [-0.4, -0.2) is 50.1 Å². The van der Waals surface area contributed by atoms with Gasteiger partial charge in [0.15, 0.2) is 0 Å². The Morgan fingerprint density at radius 2 is 1.81 bits per heavy atom. The molecule has 1 heterocycles. The first-order valence-electron chi connectivity index (χ1n) is 8.68. The van der Waals surface area contributed by atoms with E-state index in [0.29, 0.717) is 19.6 Å². The smallest absolute Gasteiger partial charge is 0.325 e. The topological polar surface area (TPSA) is 61.9 Å². The second-order valence-electron chi connectivity index (χ2n) is 6.14. The lowest BCUT2D eigenvalue weighted by atomic mass is 10.1. The van der Waals surface area contributed by atoms with Crippen LogP contribution < -0.4 is 15.0 Å². The van der Waals surface area contributed by atoms with Gasteiger partial charge in [0.25, 0.3) is 0 Å². The Morgan fingerprint density at radius 1 is 1.08 bits per heavy atom. The summed E-state index contributed by atoms with van der Waals surface area (Å²) in [4.78, 5) is 27.9. The Kier molecular flexibility index (Phi) is 5.73. The maximum Gasteiger partial charge on any atom is 0.325 e. The first kappa shape index (κ1) is 17.8. The number of nitrogens with one attached hydrogen (secondary N) is 1. The highest BCUT2D eigenvalue weighted by Gasteiger charge is 2.30. The number of rotatable bonds is 7. The largest absolute Gasteiger partial charge is 0.497 e. The van der Waals surface area contributed by atoms with Gasteiger partial charge in [0.1, 0.15) is 12.3 Å². The summed E-state index contributed by atoms with van der Waals surface area (Å²) in [5.74, 6) is 0.612. The fraction of sp³-hybridized carbons (Fsp3) is 0.300. The SMILES string of the molecule is COc1ccc(N2CCN(CC(=O)NCCc3ccccc3)C2=O)cc1. The van der Waals surface area contributed by atoms with Crippen molar-refractivity contribution in [2.24, 2.45) is 0 Å². The van der Waals surface area contributed by atoms with Crippen molar-refractivity contribution in [1.29, 1.82) is 0 Å². The van der Waals surface area contributed by atoms with Gasteiger partial charge in [-0.3, -0.25) is 9.69 Å². The van der Waals surface area contributed by atoms with E-state index in [1.807, 2.05) is 54.6 Å². The number of methoxy groups -OCH3 is 1. The Labute approximate surface area is 153 Å². The third-order valence-corrected chi connectivity index (χ3v) is 4.39. The van der Waals surface area contributed by atoms with E-state index in [9.17, 15) is 9.59 Å². The number of carbonyl (C=O) groups excluding carboxylic acids is 2. The first-order chi connectivity index (χ1) is 12.7. The predicted molar refractivity (Wildman–Crippen MR) is 100 cm³/mol. The fourth-order valence-corrected chi connectivity index (χ4v) is 2.95. The number of urea groups is 1. The summed E-state index contributed by atoms with van der Waals surface area (Å²) >= 11 is 0. The van der Waals surface area contributed by atoms with Gasteiger partial charge < -0.3 is 15.0 Å². The van der Waals surface area contributed by atoms with Crippen molar-refractivity contribution < 1.29 is 14.3 Å². The van der Waals surface area contributed by atoms with Crippen LogP contribution in [-0.2, 0) is 11.2 Å². The van der Waals surface area contributed by atoms with E-state index in [1.165, 1.54) is 5.56 Å². The number of benzene rings is 2. The van der Waals surface area contributed by atoms with E-state index < -0.39 is 0 Å². The minimum Gasteiger partial charge on any atom is -0.497 e. The van der Waals surface area contributed by atoms with E-state index in [0.717, 1.165) is 17.9 Å². The number of hydrogen-bond donors (Lipinski definition) is 1. The molecule has 1 aliphatic rings. The van der Waals surface area contributed by atoms with Crippen LogP contribution in [0.3, 0.4) is 0 Å². The third-order valence-electron chi connectivity index (χ3n) is 4.39. The Morgan fingerprint density at radius 3 is 2.50 bits per heavy atom. The third kappa shape index (κ3) is 4.33. The monoisotopic (exact) mass is 353 g/mol. The quantitative estimate of drug-likeness (QED) is 0.831. The first-order valence-corrected chi connectivity index (χ1v) is 8.68. The summed E-state index contributed by atoms with van der Waals surface area (Å²) in [5.41, 5.74) is 1.98. The summed E-state index contributed by atoms with van der Waals surface area (Å²) < 4.78 is 5.14. The molecule has 0 bridgehead atoms. The van der Waals surface area contributed by atoms with Crippen LogP contribution in [0.25, 0.3) is 0 Å². The summed E-state index contributed by atoms with van der Waals surface area (Å²) in [6, 6.07) is 17.2. The molecule has 2 aromatic rings. The molecular formula is C20H23N3O3. The minimum atomic E-state index is -0.145. The van der Waals surface area contributed by atoms with E-state index in [1.54, 1.807) is 16.9 Å². The molecule has 1 N–H and O–H groups in total. The van der Waals surface area contributed by atoms with Gasteiger partial charge in [0, 0.05) is 25.3 Å². The van der Waals surface area contributed by atoms with Crippen LogP contribution in [0.5, 0.6) is 5.75 Å². The number of amides is 3. The molecule has 0 aliphatic carbocycles. The Balaban J connectivity index is 1.47. The molecule has 1 fully saturated rings. The molecular weight excluding hydrogens is 330 g/mol. The lowest BCUT2D eigenvalue weighted by molar-refractivity contribution is -0.121. The van der Waals surface area contributed by atoms with Crippen molar-refractivity contribution in [1.82, 2.24) is 10.2 Å². The molecule has 1 saturated heterocycles. The second kappa shape index (κ2) is 8.38. The van der Waals surface area contributed by atoms with Crippen molar-refractivity contribution >= 4 is 17.6 Å². The maximum absolute atomic E-state index is 12.5. The molecule has 0 radical (unpaired) electrons. The molecule has 0 unspecified atom stereocenters. The molecule has 0 aromatic heterocycles. The molecule has 6 nitrogen and oxygen atoms in total. The molecule has 136 valence electrons. The number of carbonyl (C=O) groups is 2. The molecule has 0 atom stereocenters. The fourth-order valence-electron chi connectivity index (χ4n) is 2.95. The number of nitrogens with zero attached hydrogens (tertiary/aromatic N) is 2. The molecule has 26 heavy (non-hydrogen) atoms. The summed E-state index contributed by atoms with van der Waals surface area (Å²) in [6.07, 6.45) is 0.776. The van der Waals surface area contributed by atoms with Crippen molar-refractivity contribution in [3.63, 3.8) is 0 Å². The number of ether oxygens (including phenoxy) is 1. The van der Waals surface area contributed by atoms with Crippen LogP contribution >= 0.6 is 0 Å². The lowest BCUT2D eigenvalue weighted by Gasteiger charge is -2.18. The number of hydrogen-bond acceptors (Lipinski definition) is 3. The molecule has 3 rings (SSSR count). The lowest BCUT2D eigenvalue weighted by Crippen LogP contribution is -2.40. The number of anilines is 1. The maximum atomic E-state index is 12.5. The van der Waals surface area contributed by atoms with Crippen molar-refractivity contribution in [2.45, 2.75) is 6.42 Å². The highest BCUT2D eigenvalue weighted by Crippen LogP contribution is 2.23. The second-order valence-corrected chi connectivity index (χ2v) is 6.14. The van der Waals surface area contributed by atoms with Gasteiger partial charge in [0.05, 0.1) is 7.11 Å². The predicted octanol–water partition coefficient (Wildman–Crippen LogP) is 2.30. The normalized spacial score (nSPS) is 13.8. The van der Waals surface area contributed by atoms with E-state index in [4.69, 9.17) is 4.74 Å². The zero-order chi connectivity index (χ0) is 18.4. The van der Waals surface area contributed by atoms with Crippen molar-refractivity contribution in [3.8, 4) is 5.75 Å². The molecule has 0 saturated carbocycles. The summed E-state index contributed by atoms with van der Waals surface area (Å²) in [5, 5.41) is 2.88. The molecule has 0 spiro atoms. The molecule has 2 aromatic carbocycles. The summed E-state index contributed by atoms with van der Waals surface area (Å²) in [7, 11) is 1.61. The highest BCUT2D eigenvalue weighted by atomic mass is 16.5. The van der Waals surface area contributed by atoms with E-state index >= 15 is 0 Å². The van der Waals surface area contributed by atoms with Crippen LogP contribution in [0.2, 0.25) is 0 Å². The van der Waals surface area contributed by atoms with Crippen LogP contribution in [0.4, 0.5) is 10.5 Å². The van der Waals surface area contributed by atoms with Gasteiger partial charge in [-0.25, -0.2) is 4.79 Å². The van der Waals surface area contributed by atoms with Gasteiger partial charge in [-0.2, -0.15) is 0 Å². The van der Waals surface area contributed by atoms with Crippen LogP contribution in [0.1, 0.15) is 5.56 Å². The van der Waals surface area contributed by atoms with Crippen LogP contribution in [0, 0.1) is 0 Å².